The Morgan fingerprint density at radius 2 is 1.70 bits per heavy atom. The van der Waals surface area contributed by atoms with Gasteiger partial charge in [-0.3, -0.25) is 10.1 Å². The van der Waals surface area contributed by atoms with Crippen LogP contribution in [0.4, 0.5) is 8.78 Å². The van der Waals surface area contributed by atoms with Gasteiger partial charge in [-0.25, -0.2) is 8.78 Å². The van der Waals surface area contributed by atoms with Crippen molar-refractivity contribution in [3.63, 3.8) is 0 Å². The van der Waals surface area contributed by atoms with Crippen LogP contribution in [0.1, 0.15) is 38.8 Å². The van der Waals surface area contributed by atoms with Crippen molar-refractivity contribution in [1.82, 2.24) is 10.6 Å². The Hall–Kier alpha value is -1.49. The van der Waals surface area contributed by atoms with Gasteiger partial charge in [0.2, 0.25) is 5.91 Å². The minimum atomic E-state index is -0.617. The van der Waals surface area contributed by atoms with Crippen molar-refractivity contribution >= 4 is 5.91 Å². The maximum absolute atomic E-state index is 13.2. The molecule has 0 aliphatic carbocycles. The quantitative estimate of drug-likeness (QED) is 0.843. The van der Waals surface area contributed by atoms with Gasteiger partial charge in [0.25, 0.3) is 0 Å². The molecule has 0 heterocycles. The molecule has 0 fully saturated rings. The third kappa shape index (κ3) is 4.89. The van der Waals surface area contributed by atoms with Crippen LogP contribution in [0.5, 0.6) is 0 Å². The average molecular weight is 284 g/mol. The van der Waals surface area contributed by atoms with Crippen LogP contribution in [0.25, 0.3) is 0 Å². The molecule has 1 amide bonds. The zero-order valence-corrected chi connectivity index (χ0v) is 12.3. The number of carbonyl (C=O) groups excluding carboxylic acids is 1. The van der Waals surface area contributed by atoms with Gasteiger partial charge in [-0.2, -0.15) is 0 Å². The minimum Gasteiger partial charge on any atom is -0.358 e. The van der Waals surface area contributed by atoms with E-state index >= 15 is 0 Å². The Morgan fingerprint density at radius 3 is 2.15 bits per heavy atom. The number of carbonyl (C=O) groups is 1. The molecule has 0 aliphatic rings. The first-order chi connectivity index (χ1) is 9.33. The Balaban J connectivity index is 2.83. The van der Waals surface area contributed by atoms with Gasteiger partial charge in [-0.15, -0.1) is 0 Å². The first-order valence-corrected chi connectivity index (χ1v) is 6.77. The summed E-state index contributed by atoms with van der Waals surface area (Å²) in [4.78, 5) is 11.8. The van der Waals surface area contributed by atoms with Crippen molar-refractivity contribution in [3.8, 4) is 0 Å². The number of nitrogens with one attached hydrogen (secondary N) is 2. The van der Waals surface area contributed by atoms with Crippen LogP contribution in [-0.4, -0.2) is 19.0 Å². The van der Waals surface area contributed by atoms with Crippen LogP contribution in [0, 0.1) is 17.6 Å². The summed E-state index contributed by atoms with van der Waals surface area (Å²) in [6, 6.07) is 2.68. The molecular formula is C15H22F2N2O. The molecular weight excluding hydrogens is 262 g/mol. The van der Waals surface area contributed by atoms with E-state index in [9.17, 15) is 13.6 Å². The van der Waals surface area contributed by atoms with Gasteiger partial charge < -0.3 is 5.32 Å². The normalized spacial score (nSPS) is 14.2. The van der Waals surface area contributed by atoms with E-state index in [0.29, 0.717) is 17.9 Å². The Labute approximate surface area is 118 Å². The number of likely N-dealkylation sites (N-methyl/N-ethyl adjacent to an activating group) is 1. The molecule has 1 aromatic rings. The van der Waals surface area contributed by atoms with E-state index < -0.39 is 11.6 Å². The van der Waals surface area contributed by atoms with Gasteiger partial charge in [0, 0.05) is 19.2 Å². The van der Waals surface area contributed by atoms with Gasteiger partial charge >= 0.3 is 0 Å². The fourth-order valence-corrected chi connectivity index (χ4v) is 2.12. The van der Waals surface area contributed by atoms with Crippen molar-refractivity contribution in [2.75, 3.05) is 7.05 Å². The van der Waals surface area contributed by atoms with Crippen LogP contribution in [0.2, 0.25) is 0 Å². The summed E-state index contributed by atoms with van der Waals surface area (Å²) in [6.45, 7) is 5.82. The molecule has 0 aliphatic heterocycles. The van der Waals surface area contributed by atoms with Crippen molar-refractivity contribution < 1.29 is 13.6 Å². The summed E-state index contributed by atoms with van der Waals surface area (Å²) in [5.74, 6) is -1.02. The summed E-state index contributed by atoms with van der Waals surface area (Å²) < 4.78 is 26.4. The summed E-state index contributed by atoms with van der Waals surface area (Å²) in [5, 5.41) is 5.72. The lowest BCUT2D eigenvalue weighted by atomic mass is 10.0. The molecule has 112 valence electrons. The second kappa shape index (κ2) is 7.33. The predicted octanol–water partition coefficient (Wildman–Crippen LogP) is 2.78. The van der Waals surface area contributed by atoms with E-state index in [2.05, 4.69) is 10.6 Å². The van der Waals surface area contributed by atoms with E-state index in [1.54, 1.807) is 14.0 Å². The third-order valence-corrected chi connectivity index (χ3v) is 3.11. The number of halogens is 2. The molecule has 3 nitrogen and oxygen atoms in total. The number of amides is 1. The Kier molecular flexibility index (Phi) is 6.07. The SMILES string of the molecule is CNC(=O)C(CC(C)C)NC(C)c1cc(F)cc(F)c1. The number of rotatable bonds is 6. The van der Waals surface area contributed by atoms with Gasteiger partial charge in [0.05, 0.1) is 6.04 Å². The summed E-state index contributed by atoms with van der Waals surface area (Å²) in [6.07, 6.45) is 0.655. The molecule has 0 spiro atoms. The van der Waals surface area contributed by atoms with Gasteiger partial charge in [-0.1, -0.05) is 13.8 Å². The molecule has 0 radical (unpaired) electrons. The lowest BCUT2D eigenvalue weighted by Gasteiger charge is -2.24. The zero-order chi connectivity index (χ0) is 15.3. The fourth-order valence-electron chi connectivity index (χ4n) is 2.12. The Bertz CT molecular complexity index is 443. The van der Waals surface area contributed by atoms with Gasteiger partial charge in [0.15, 0.2) is 0 Å². The van der Waals surface area contributed by atoms with Crippen molar-refractivity contribution in [3.05, 3.63) is 35.4 Å². The molecule has 2 N–H and O–H groups in total. The van der Waals surface area contributed by atoms with Crippen LogP contribution in [0.3, 0.4) is 0 Å². The highest BCUT2D eigenvalue weighted by atomic mass is 19.1. The van der Waals surface area contributed by atoms with Crippen molar-refractivity contribution in [1.29, 1.82) is 0 Å². The lowest BCUT2D eigenvalue weighted by molar-refractivity contribution is -0.123. The molecule has 0 bridgehead atoms. The molecule has 5 heteroatoms. The summed E-state index contributed by atoms with van der Waals surface area (Å²) >= 11 is 0. The van der Waals surface area contributed by atoms with Crippen LogP contribution < -0.4 is 10.6 Å². The zero-order valence-electron chi connectivity index (χ0n) is 12.3. The molecule has 2 unspecified atom stereocenters. The van der Waals surface area contributed by atoms with E-state index in [4.69, 9.17) is 0 Å². The van der Waals surface area contributed by atoms with Crippen molar-refractivity contribution in [2.24, 2.45) is 5.92 Å². The van der Waals surface area contributed by atoms with Gasteiger partial charge in [0.1, 0.15) is 11.6 Å². The second-order valence-electron chi connectivity index (χ2n) is 5.39. The van der Waals surface area contributed by atoms with E-state index in [-0.39, 0.29) is 18.0 Å². The first-order valence-electron chi connectivity index (χ1n) is 6.77. The second-order valence-corrected chi connectivity index (χ2v) is 5.39. The molecule has 1 rings (SSSR count). The van der Waals surface area contributed by atoms with Crippen LogP contribution in [-0.2, 0) is 4.79 Å². The summed E-state index contributed by atoms with van der Waals surface area (Å²) in [7, 11) is 1.57. The summed E-state index contributed by atoms with van der Waals surface area (Å²) in [5.41, 5.74) is 0.486. The first kappa shape index (κ1) is 16.6. The highest BCUT2D eigenvalue weighted by Gasteiger charge is 2.21. The number of benzene rings is 1. The highest BCUT2D eigenvalue weighted by molar-refractivity contribution is 5.81. The molecule has 0 saturated heterocycles. The van der Waals surface area contributed by atoms with Crippen molar-refractivity contribution in [2.45, 2.75) is 39.3 Å². The van der Waals surface area contributed by atoms with E-state index in [1.807, 2.05) is 13.8 Å². The standard InChI is InChI=1S/C15H22F2N2O/c1-9(2)5-14(15(20)18-4)19-10(3)11-6-12(16)8-13(17)7-11/h6-10,14,19H,5H2,1-4H3,(H,18,20). The topological polar surface area (TPSA) is 41.1 Å². The number of hydrogen-bond donors (Lipinski definition) is 2. The molecule has 0 saturated carbocycles. The third-order valence-electron chi connectivity index (χ3n) is 3.11. The van der Waals surface area contributed by atoms with E-state index in [1.165, 1.54) is 12.1 Å². The van der Waals surface area contributed by atoms with Crippen LogP contribution >= 0.6 is 0 Å². The molecule has 1 aromatic carbocycles. The number of hydrogen-bond acceptors (Lipinski definition) is 2. The predicted molar refractivity (Wildman–Crippen MR) is 75.2 cm³/mol. The molecule has 20 heavy (non-hydrogen) atoms. The average Bonchev–Trinajstić information content (AvgIpc) is 2.35. The molecule has 2 atom stereocenters. The minimum absolute atomic E-state index is 0.123. The lowest BCUT2D eigenvalue weighted by Crippen LogP contribution is -2.44. The Morgan fingerprint density at radius 1 is 1.15 bits per heavy atom. The maximum atomic E-state index is 13.2. The van der Waals surface area contributed by atoms with Gasteiger partial charge in [-0.05, 0) is 37.0 Å². The molecule has 0 aromatic heterocycles. The smallest absolute Gasteiger partial charge is 0.236 e. The maximum Gasteiger partial charge on any atom is 0.236 e. The monoisotopic (exact) mass is 284 g/mol. The fraction of sp³-hybridized carbons (Fsp3) is 0.533. The van der Waals surface area contributed by atoms with E-state index in [0.717, 1.165) is 6.07 Å². The highest BCUT2D eigenvalue weighted by Crippen LogP contribution is 2.18. The van der Waals surface area contributed by atoms with Crippen LogP contribution in [0.15, 0.2) is 18.2 Å². The largest absolute Gasteiger partial charge is 0.358 e.